The van der Waals surface area contributed by atoms with Crippen LogP contribution in [0.3, 0.4) is 0 Å². The Labute approximate surface area is 154 Å². The first-order valence-corrected chi connectivity index (χ1v) is 9.20. The Morgan fingerprint density at radius 1 is 1.42 bits per heavy atom. The number of aromatic nitrogens is 2. The zero-order valence-electron chi connectivity index (χ0n) is 14.5. The second-order valence-electron chi connectivity index (χ2n) is 6.42. The summed E-state index contributed by atoms with van der Waals surface area (Å²) < 4.78 is 19.9. The molecule has 0 aliphatic heterocycles. The zero-order valence-corrected chi connectivity index (χ0v) is 15.3. The number of ether oxygens (including phenoxy) is 1. The highest BCUT2D eigenvalue weighted by Crippen LogP contribution is 2.34. The van der Waals surface area contributed by atoms with E-state index in [9.17, 15) is 19.1 Å². The molecule has 0 spiro atoms. The summed E-state index contributed by atoms with van der Waals surface area (Å²) in [5, 5.41) is 9.17. The van der Waals surface area contributed by atoms with E-state index in [1.807, 2.05) is 0 Å². The summed E-state index contributed by atoms with van der Waals surface area (Å²) in [5.74, 6) is -0.963. The lowest BCUT2D eigenvalue weighted by Gasteiger charge is -2.27. The SMILES string of the molecule is Cc1nc(-c2sc(C)c(F)c2C=O)ncc1O[C@H]1CCC[C@H](C(=O)O)C1. The second-order valence-corrected chi connectivity index (χ2v) is 7.64. The van der Waals surface area contributed by atoms with E-state index in [0.29, 0.717) is 40.3 Å². The number of thiophene rings is 1. The van der Waals surface area contributed by atoms with Crippen molar-refractivity contribution in [3.8, 4) is 16.5 Å². The number of carbonyl (C=O) groups is 2. The summed E-state index contributed by atoms with van der Waals surface area (Å²) in [6, 6.07) is 0. The van der Waals surface area contributed by atoms with Crippen LogP contribution in [0.15, 0.2) is 6.20 Å². The normalized spacial score (nSPS) is 20.0. The van der Waals surface area contributed by atoms with E-state index in [0.717, 1.165) is 24.2 Å². The Balaban J connectivity index is 1.81. The molecule has 0 aromatic carbocycles. The molecule has 0 bridgehead atoms. The maximum Gasteiger partial charge on any atom is 0.306 e. The average molecular weight is 378 g/mol. The Morgan fingerprint density at radius 3 is 2.85 bits per heavy atom. The van der Waals surface area contributed by atoms with E-state index < -0.39 is 11.8 Å². The van der Waals surface area contributed by atoms with Crippen LogP contribution in [0.2, 0.25) is 0 Å². The quantitative estimate of drug-likeness (QED) is 0.796. The van der Waals surface area contributed by atoms with Crippen LogP contribution in [0.4, 0.5) is 4.39 Å². The number of hydrogen-bond donors (Lipinski definition) is 1. The molecule has 138 valence electrons. The molecule has 3 rings (SSSR count). The molecule has 26 heavy (non-hydrogen) atoms. The largest absolute Gasteiger partial charge is 0.487 e. The topological polar surface area (TPSA) is 89.4 Å². The van der Waals surface area contributed by atoms with Crippen molar-refractivity contribution in [1.82, 2.24) is 9.97 Å². The molecular formula is C18H19FN2O4S. The molecule has 8 heteroatoms. The maximum absolute atomic E-state index is 13.9. The van der Waals surface area contributed by atoms with Crippen LogP contribution in [-0.2, 0) is 4.79 Å². The van der Waals surface area contributed by atoms with Gasteiger partial charge in [0, 0.05) is 4.88 Å². The molecule has 0 radical (unpaired) electrons. The van der Waals surface area contributed by atoms with Crippen molar-refractivity contribution in [2.75, 3.05) is 0 Å². The molecule has 0 saturated heterocycles. The minimum absolute atomic E-state index is 0.0304. The van der Waals surface area contributed by atoms with Crippen LogP contribution in [0, 0.1) is 25.6 Å². The lowest BCUT2D eigenvalue weighted by atomic mass is 9.87. The molecule has 1 aliphatic carbocycles. The van der Waals surface area contributed by atoms with Crippen molar-refractivity contribution >= 4 is 23.6 Å². The molecule has 1 aliphatic rings. The third-order valence-corrected chi connectivity index (χ3v) is 5.66. The second kappa shape index (κ2) is 7.49. The molecule has 2 heterocycles. The van der Waals surface area contributed by atoms with E-state index in [2.05, 4.69) is 9.97 Å². The fourth-order valence-corrected chi connectivity index (χ4v) is 4.09. The molecular weight excluding hydrogens is 359 g/mol. The molecule has 1 saturated carbocycles. The Kier molecular flexibility index (Phi) is 5.31. The number of aldehydes is 1. The average Bonchev–Trinajstić information content (AvgIpc) is 2.91. The van der Waals surface area contributed by atoms with E-state index in [1.54, 1.807) is 13.8 Å². The molecule has 6 nitrogen and oxygen atoms in total. The molecule has 2 aromatic heterocycles. The number of nitrogens with zero attached hydrogens (tertiary/aromatic N) is 2. The van der Waals surface area contributed by atoms with Crippen molar-refractivity contribution < 1.29 is 23.8 Å². The van der Waals surface area contributed by atoms with Crippen LogP contribution in [-0.4, -0.2) is 33.4 Å². The molecule has 1 N–H and O–H groups in total. The zero-order chi connectivity index (χ0) is 18.8. The van der Waals surface area contributed by atoms with Gasteiger partial charge in [-0.2, -0.15) is 0 Å². The first-order valence-electron chi connectivity index (χ1n) is 8.38. The number of hydrogen-bond acceptors (Lipinski definition) is 6. The highest BCUT2D eigenvalue weighted by atomic mass is 32.1. The predicted octanol–water partition coefficient (Wildman–Crippen LogP) is 3.80. The number of aliphatic carboxylic acids is 1. The third kappa shape index (κ3) is 3.60. The Bertz CT molecular complexity index is 852. The number of halogens is 1. The first-order chi connectivity index (χ1) is 12.4. The van der Waals surface area contributed by atoms with Gasteiger partial charge in [-0.05, 0) is 39.5 Å². The molecule has 2 aromatic rings. The van der Waals surface area contributed by atoms with E-state index in [1.165, 1.54) is 6.20 Å². The fraction of sp³-hybridized carbons (Fsp3) is 0.444. The van der Waals surface area contributed by atoms with Crippen molar-refractivity contribution in [2.24, 2.45) is 5.92 Å². The van der Waals surface area contributed by atoms with Crippen molar-refractivity contribution in [3.05, 3.63) is 28.1 Å². The monoisotopic (exact) mass is 378 g/mol. The molecule has 0 amide bonds. The van der Waals surface area contributed by atoms with Crippen LogP contribution >= 0.6 is 11.3 Å². The minimum Gasteiger partial charge on any atom is -0.487 e. The predicted molar refractivity (Wildman–Crippen MR) is 94.2 cm³/mol. The van der Waals surface area contributed by atoms with Gasteiger partial charge in [-0.25, -0.2) is 14.4 Å². The van der Waals surface area contributed by atoms with E-state index in [4.69, 9.17) is 4.74 Å². The molecule has 2 atom stereocenters. The van der Waals surface area contributed by atoms with Gasteiger partial charge in [-0.1, -0.05) is 0 Å². The highest BCUT2D eigenvalue weighted by molar-refractivity contribution is 7.15. The standard InChI is InChI=1S/C18H19FN2O4S/c1-9-14(25-12-5-3-4-11(6-12)18(23)24)7-20-17(21-9)16-13(8-22)15(19)10(2)26-16/h7-8,11-12H,3-6H2,1-2H3,(H,23,24)/t11-,12-/m0/s1. The van der Waals surface area contributed by atoms with Gasteiger partial charge in [0.15, 0.2) is 17.9 Å². The van der Waals surface area contributed by atoms with Gasteiger partial charge < -0.3 is 9.84 Å². The van der Waals surface area contributed by atoms with E-state index in [-0.39, 0.29) is 23.4 Å². The minimum atomic E-state index is -0.793. The lowest BCUT2D eigenvalue weighted by Crippen LogP contribution is -2.29. The van der Waals surface area contributed by atoms with Gasteiger partial charge in [0.05, 0.1) is 34.4 Å². The van der Waals surface area contributed by atoms with Crippen molar-refractivity contribution in [2.45, 2.75) is 45.6 Å². The molecule has 0 unspecified atom stereocenters. The van der Waals surface area contributed by atoms with E-state index >= 15 is 0 Å². The highest BCUT2D eigenvalue weighted by Gasteiger charge is 2.28. The number of carboxylic acid groups (broad SMARTS) is 1. The summed E-state index contributed by atoms with van der Waals surface area (Å²) in [6.07, 6.45) is 4.51. The Morgan fingerprint density at radius 2 is 2.19 bits per heavy atom. The van der Waals surface area contributed by atoms with Gasteiger partial charge >= 0.3 is 5.97 Å². The van der Waals surface area contributed by atoms with Gasteiger partial charge in [0.1, 0.15) is 5.82 Å². The smallest absolute Gasteiger partial charge is 0.306 e. The maximum atomic E-state index is 13.9. The van der Waals surface area contributed by atoms with Gasteiger partial charge in [-0.3, -0.25) is 9.59 Å². The van der Waals surface area contributed by atoms with Gasteiger partial charge in [-0.15, -0.1) is 11.3 Å². The summed E-state index contributed by atoms with van der Waals surface area (Å²) in [6.45, 7) is 3.35. The van der Waals surface area contributed by atoms with Crippen LogP contribution in [0.5, 0.6) is 5.75 Å². The summed E-state index contributed by atoms with van der Waals surface area (Å²) in [4.78, 5) is 31.7. The Hall–Kier alpha value is -2.35. The molecule has 1 fully saturated rings. The lowest BCUT2D eigenvalue weighted by molar-refractivity contribution is -0.143. The number of aryl methyl sites for hydroxylation is 2. The summed E-state index contributed by atoms with van der Waals surface area (Å²) in [5.41, 5.74) is 0.535. The summed E-state index contributed by atoms with van der Waals surface area (Å²) in [7, 11) is 0. The van der Waals surface area contributed by atoms with Crippen LogP contribution in [0.25, 0.3) is 10.7 Å². The number of rotatable bonds is 5. The van der Waals surface area contributed by atoms with Gasteiger partial charge in [0.2, 0.25) is 0 Å². The van der Waals surface area contributed by atoms with Crippen LogP contribution in [0.1, 0.15) is 46.6 Å². The van der Waals surface area contributed by atoms with Crippen molar-refractivity contribution in [3.63, 3.8) is 0 Å². The number of carboxylic acids is 1. The fourth-order valence-electron chi connectivity index (χ4n) is 3.15. The van der Waals surface area contributed by atoms with Crippen molar-refractivity contribution in [1.29, 1.82) is 0 Å². The third-order valence-electron chi connectivity index (χ3n) is 4.57. The number of carbonyl (C=O) groups excluding carboxylic acids is 1. The van der Waals surface area contributed by atoms with Gasteiger partial charge in [0.25, 0.3) is 0 Å². The first kappa shape index (κ1) is 18.4. The van der Waals surface area contributed by atoms with Crippen LogP contribution < -0.4 is 4.74 Å². The summed E-state index contributed by atoms with van der Waals surface area (Å²) >= 11 is 1.14.